The average molecular weight is 288 g/mol. The lowest BCUT2D eigenvalue weighted by atomic mass is 10.2. The highest BCUT2D eigenvalue weighted by Gasteiger charge is 1.97. The van der Waals surface area contributed by atoms with Crippen LogP contribution in [0.15, 0.2) is 22.7 Å². The van der Waals surface area contributed by atoms with Crippen molar-refractivity contribution in [1.82, 2.24) is 0 Å². The van der Waals surface area contributed by atoms with Gasteiger partial charge < -0.3 is 5.32 Å². The molecule has 1 aromatic carbocycles. The first-order valence-electron chi connectivity index (χ1n) is 4.80. The van der Waals surface area contributed by atoms with Crippen molar-refractivity contribution in [2.24, 2.45) is 0 Å². The predicted octanol–water partition coefficient (Wildman–Crippen LogP) is 4.21. The summed E-state index contributed by atoms with van der Waals surface area (Å²) < 4.78 is 0.895. The van der Waals surface area contributed by atoms with Gasteiger partial charge in [0.1, 0.15) is 0 Å². The van der Waals surface area contributed by atoms with E-state index in [1.165, 1.54) is 0 Å². The van der Waals surface area contributed by atoms with E-state index in [0.717, 1.165) is 29.5 Å². The maximum Gasteiger partial charge on any atom is 0.0621 e. The van der Waals surface area contributed by atoms with Gasteiger partial charge in [0.05, 0.1) is 11.1 Å². The number of nitriles is 1. The Labute approximate surface area is 103 Å². The monoisotopic (exact) mass is 286 g/mol. The van der Waals surface area contributed by atoms with Crippen LogP contribution in [-0.4, -0.2) is 6.54 Å². The van der Waals surface area contributed by atoms with E-state index in [2.05, 4.69) is 27.3 Å². The van der Waals surface area contributed by atoms with Crippen LogP contribution >= 0.6 is 27.5 Å². The average Bonchev–Trinajstić information content (AvgIpc) is 2.23. The third-order valence-electron chi connectivity index (χ3n) is 1.96. The van der Waals surface area contributed by atoms with E-state index < -0.39 is 0 Å². The summed E-state index contributed by atoms with van der Waals surface area (Å²) in [5.74, 6) is 0. The number of halogens is 2. The number of nitrogens with zero attached hydrogens (tertiary/aromatic N) is 1. The minimum absolute atomic E-state index is 0.631. The third-order valence-corrected chi connectivity index (χ3v) is 3.18. The Kier molecular flexibility index (Phi) is 5.52. The number of unbranched alkanes of at least 4 members (excludes halogenated alkanes) is 2. The molecule has 15 heavy (non-hydrogen) atoms. The van der Waals surface area contributed by atoms with E-state index in [-0.39, 0.29) is 0 Å². The van der Waals surface area contributed by atoms with E-state index in [0.29, 0.717) is 11.4 Å². The van der Waals surface area contributed by atoms with Gasteiger partial charge in [0.15, 0.2) is 0 Å². The van der Waals surface area contributed by atoms with Gasteiger partial charge in [-0.2, -0.15) is 5.26 Å². The summed E-state index contributed by atoms with van der Waals surface area (Å²) in [6.07, 6.45) is 2.58. The number of nitrogens with one attached hydrogen (secondary N) is 1. The van der Waals surface area contributed by atoms with Crippen LogP contribution < -0.4 is 5.32 Å². The summed E-state index contributed by atoms with van der Waals surface area (Å²) in [7, 11) is 0. The summed E-state index contributed by atoms with van der Waals surface area (Å²) in [6, 6.07) is 7.87. The van der Waals surface area contributed by atoms with Crippen LogP contribution in [0.5, 0.6) is 0 Å². The topological polar surface area (TPSA) is 35.8 Å². The maximum atomic E-state index is 8.36. The largest absolute Gasteiger partial charge is 0.385 e. The quantitative estimate of drug-likeness (QED) is 0.824. The Morgan fingerprint density at radius 2 is 2.20 bits per heavy atom. The van der Waals surface area contributed by atoms with Crippen LogP contribution in [0.1, 0.15) is 19.3 Å². The van der Waals surface area contributed by atoms with Gasteiger partial charge in [0, 0.05) is 23.1 Å². The molecule has 0 saturated heterocycles. The lowest BCUT2D eigenvalue weighted by Crippen LogP contribution is -2.00. The summed E-state index contributed by atoms with van der Waals surface area (Å²) in [5, 5.41) is 12.3. The SMILES string of the molecule is N#CCCCCNc1ccc(Cl)c(Br)c1. The molecule has 0 heterocycles. The Morgan fingerprint density at radius 3 is 2.87 bits per heavy atom. The van der Waals surface area contributed by atoms with E-state index in [9.17, 15) is 0 Å². The van der Waals surface area contributed by atoms with Crippen molar-refractivity contribution in [3.05, 3.63) is 27.7 Å². The lowest BCUT2D eigenvalue weighted by Gasteiger charge is -2.06. The highest BCUT2D eigenvalue weighted by atomic mass is 79.9. The Bertz CT molecular complexity index is 360. The number of hydrogen-bond acceptors (Lipinski definition) is 2. The predicted molar refractivity (Wildman–Crippen MR) is 67.1 cm³/mol. The first-order chi connectivity index (χ1) is 7.24. The number of benzene rings is 1. The molecule has 0 aliphatic rings. The van der Waals surface area contributed by atoms with Crippen LogP contribution in [0.3, 0.4) is 0 Å². The minimum atomic E-state index is 0.631. The lowest BCUT2D eigenvalue weighted by molar-refractivity contribution is 0.784. The maximum absolute atomic E-state index is 8.36. The van der Waals surface area contributed by atoms with E-state index >= 15 is 0 Å². The van der Waals surface area contributed by atoms with Gasteiger partial charge in [-0.05, 0) is 47.0 Å². The Morgan fingerprint density at radius 1 is 1.40 bits per heavy atom. The van der Waals surface area contributed by atoms with Crippen LogP contribution in [0.2, 0.25) is 5.02 Å². The summed E-state index contributed by atoms with van der Waals surface area (Å²) in [5.41, 5.74) is 1.04. The van der Waals surface area contributed by atoms with Gasteiger partial charge in [-0.1, -0.05) is 11.6 Å². The molecule has 1 N–H and O–H groups in total. The third kappa shape index (κ3) is 4.55. The second kappa shape index (κ2) is 6.71. The highest BCUT2D eigenvalue weighted by molar-refractivity contribution is 9.10. The van der Waals surface area contributed by atoms with Gasteiger partial charge >= 0.3 is 0 Å². The number of anilines is 1. The molecule has 0 saturated carbocycles. The zero-order valence-electron chi connectivity index (χ0n) is 8.26. The fourth-order valence-electron chi connectivity index (χ4n) is 1.17. The Hall–Kier alpha value is -0.720. The first-order valence-corrected chi connectivity index (χ1v) is 5.97. The number of hydrogen-bond donors (Lipinski definition) is 1. The molecule has 0 atom stereocenters. The van der Waals surface area contributed by atoms with Gasteiger partial charge in [-0.25, -0.2) is 0 Å². The molecule has 0 radical (unpaired) electrons. The van der Waals surface area contributed by atoms with Crippen molar-refractivity contribution in [3.63, 3.8) is 0 Å². The molecular formula is C11H12BrClN2. The number of rotatable bonds is 5. The second-order valence-electron chi connectivity index (χ2n) is 3.17. The molecule has 0 fully saturated rings. The summed E-state index contributed by atoms with van der Waals surface area (Å²) in [4.78, 5) is 0. The minimum Gasteiger partial charge on any atom is -0.385 e. The summed E-state index contributed by atoms with van der Waals surface area (Å²) >= 11 is 9.24. The molecule has 0 spiro atoms. The molecule has 0 amide bonds. The van der Waals surface area contributed by atoms with Crippen molar-refractivity contribution >= 4 is 33.2 Å². The van der Waals surface area contributed by atoms with Crippen LogP contribution in [0.25, 0.3) is 0 Å². The van der Waals surface area contributed by atoms with Gasteiger partial charge in [0.25, 0.3) is 0 Å². The fraction of sp³-hybridized carbons (Fsp3) is 0.364. The van der Waals surface area contributed by atoms with Crippen molar-refractivity contribution < 1.29 is 0 Å². The molecule has 0 aliphatic heterocycles. The molecule has 1 aromatic rings. The molecule has 0 unspecified atom stereocenters. The van der Waals surface area contributed by atoms with Crippen molar-refractivity contribution in [2.45, 2.75) is 19.3 Å². The zero-order valence-corrected chi connectivity index (χ0v) is 10.6. The van der Waals surface area contributed by atoms with Gasteiger partial charge in [-0.3, -0.25) is 0 Å². The van der Waals surface area contributed by atoms with E-state index in [4.69, 9.17) is 16.9 Å². The molecule has 0 aromatic heterocycles. The summed E-state index contributed by atoms with van der Waals surface area (Å²) in [6.45, 7) is 0.885. The Balaban J connectivity index is 2.32. The van der Waals surface area contributed by atoms with Crippen molar-refractivity contribution in [2.75, 3.05) is 11.9 Å². The molecule has 0 bridgehead atoms. The van der Waals surface area contributed by atoms with Crippen LogP contribution in [-0.2, 0) is 0 Å². The molecule has 0 aliphatic carbocycles. The van der Waals surface area contributed by atoms with E-state index in [1.807, 2.05) is 18.2 Å². The molecule has 1 rings (SSSR count). The van der Waals surface area contributed by atoms with E-state index in [1.54, 1.807) is 0 Å². The van der Waals surface area contributed by atoms with Crippen molar-refractivity contribution in [1.29, 1.82) is 5.26 Å². The van der Waals surface area contributed by atoms with Crippen molar-refractivity contribution in [3.8, 4) is 6.07 Å². The molecule has 2 nitrogen and oxygen atoms in total. The fourth-order valence-corrected chi connectivity index (χ4v) is 1.66. The van der Waals surface area contributed by atoms with Gasteiger partial charge in [0.2, 0.25) is 0 Å². The molecular weight excluding hydrogens is 275 g/mol. The molecule has 4 heteroatoms. The smallest absolute Gasteiger partial charge is 0.0621 e. The highest BCUT2D eigenvalue weighted by Crippen LogP contribution is 2.25. The van der Waals surface area contributed by atoms with Crippen LogP contribution in [0, 0.1) is 11.3 Å². The van der Waals surface area contributed by atoms with Gasteiger partial charge in [-0.15, -0.1) is 0 Å². The normalized spacial score (nSPS) is 9.67. The zero-order chi connectivity index (χ0) is 11.1. The molecule has 80 valence electrons. The standard InChI is InChI=1S/C11H12BrClN2/c12-10-8-9(4-5-11(10)13)15-7-3-1-2-6-14/h4-5,8,15H,1-3,7H2. The second-order valence-corrected chi connectivity index (χ2v) is 4.43. The van der Waals surface area contributed by atoms with Crippen LogP contribution in [0.4, 0.5) is 5.69 Å². The first kappa shape index (κ1) is 12.4.